The lowest BCUT2D eigenvalue weighted by molar-refractivity contribution is -0.170. The summed E-state index contributed by atoms with van der Waals surface area (Å²) in [5, 5.41) is 0. The Hall–Kier alpha value is -1.03. The van der Waals surface area contributed by atoms with Gasteiger partial charge in [-0.2, -0.15) is 0 Å². The van der Waals surface area contributed by atoms with E-state index < -0.39 is 11.2 Å². The average Bonchev–Trinajstić information content (AvgIpc) is 2.13. The van der Waals surface area contributed by atoms with Crippen molar-refractivity contribution < 1.29 is 14.3 Å². The number of benzene rings is 1. The van der Waals surface area contributed by atoms with E-state index in [9.17, 15) is 4.79 Å². The standard InChI is InChI=1S/C14H19BrO3/c1-13(2,3)18-12(16)14(4,5)17-11-8-6-7-10(15)9-11/h6-9H,1-5H3. The molecule has 0 aliphatic rings. The normalized spacial score (nSPS) is 12.1. The van der Waals surface area contributed by atoms with Gasteiger partial charge >= 0.3 is 5.97 Å². The van der Waals surface area contributed by atoms with Crippen molar-refractivity contribution in [1.82, 2.24) is 0 Å². The molecular weight excluding hydrogens is 296 g/mol. The van der Waals surface area contributed by atoms with Gasteiger partial charge < -0.3 is 9.47 Å². The minimum absolute atomic E-state index is 0.380. The fourth-order valence-corrected chi connectivity index (χ4v) is 1.65. The van der Waals surface area contributed by atoms with E-state index in [1.807, 2.05) is 39.0 Å². The van der Waals surface area contributed by atoms with E-state index in [1.165, 1.54) is 0 Å². The fraction of sp³-hybridized carbons (Fsp3) is 0.500. The lowest BCUT2D eigenvalue weighted by atomic mass is 10.1. The van der Waals surface area contributed by atoms with Crippen LogP contribution >= 0.6 is 15.9 Å². The van der Waals surface area contributed by atoms with Crippen LogP contribution in [0, 0.1) is 0 Å². The molecule has 18 heavy (non-hydrogen) atoms. The maximum atomic E-state index is 12.0. The second-order valence-electron chi connectivity index (χ2n) is 5.57. The third-order valence-corrected chi connectivity index (χ3v) is 2.55. The zero-order chi connectivity index (χ0) is 14.0. The van der Waals surface area contributed by atoms with E-state index in [-0.39, 0.29) is 5.97 Å². The molecule has 1 rings (SSSR count). The molecule has 0 amide bonds. The van der Waals surface area contributed by atoms with Crippen LogP contribution in [-0.4, -0.2) is 17.2 Å². The minimum Gasteiger partial charge on any atom is -0.476 e. The van der Waals surface area contributed by atoms with E-state index in [2.05, 4.69) is 15.9 Å². The first-order valence-electron chi connectivity index (χ1n) is 5.78. The number of hydrogen-bond donors (Lipinski definition) is 0. The molecule has 0 bridgehead atoms. The second-order valence-corrected chi connectivity index (χ2v) is 6.49. The highest BCUT2D eigenvalue weighted by Gasteiger charge is 2.34. The molecule has 0 N–H and O–H groups in total. The summed E-state index contributed by atoms with van der Waals surface area (Å²) in [6.07, 6.45) is 0. The van der Waals surface area contributed by atoms with Gasteiger partial charge in [0.05, 0.1) is 0 Å². The van der Waals surface area contributed by atoms with E-state index >= 15 is 0 Å². The summed E-state index contributed by atoms with van der Waals surface area (Å²) < 4.78 is 11.9. The number of carbonyl (C=O) groups is 1. The van der Waals surface area contributed by atoms with Crippen LogP contribution in [0.1, 0.15) is 34.6 Å². The van der Waals surface area contributed by atoms with Crippen LogP contribution in [0.2, 0.25) is 0 Å². The van der Waals surface area contributed by atoms with E-state index in [4.69, 9.17) is 9.47 Å². The average molecular weight is 315 g/mol. The zero-order valence-electron chi connectivity index (χ0n) is 11.4. The molecule has 0 aliphatic heterocycles. The number of halogens is 1. The Morgan fingerprint density at radius 1 is 1.17 bits per heavy atom. The molecule has 3 nitrogen and oxygen atoms in total. The van der Waals surface area contributed by atoms with Gasteiger partial charge in [-0.05, 0) is 52.8 Å². The van der Waals surface area contributed by atoms with Crippen molar-refractivity contribution in [2.75, 3.05) is 0 Å². The molecule has 1 aromatic carbocycles. The summed E-state index contributed by atoms with van der Waals surface area (Å²) in [6.45, 7) is 8.89. The molecular formula is C14H19BrO3. The smallest absolute Gasteiger partial charge is 0.350 e. The summed E-state index contributed by atoms with van der Waals surface area (Å²) in [6, 6.07) is 7.36. The van der Waals surface area contributed by atoms with Crippen molar-refractivity contribution in [3.05, 3.63) is 28.7 Å². The lowest BCUT2D eigenvalue weighted by Crippen LogP contribution is -2.43. The van der Waals surface area contributed by atoms with Crippen LogP contribution < -0.4 is 4.74 Å². The lowest BCUT2D eigenvalue weighted by Gasteiger charge is -2.29. The van der Waals surface area contributed by atoms with Crippen molar-refractivity contribution in [3.8, 4) is 5.75 Å². The quantitative estimate of drug-likeness (QED) is 0.792. The summed E-state index contributed by atoms with van der Waals surface area (Å²) in [5.41, 5.74) is -1.54. The number of carbonyl (C=O) groups excluding carboxylic acids is 1. The van der Waals surface area contributed by atoms with Gasteiger partial charge in [0.1, 0.15) is 11.4 Å². The monoisotopic (exact) mass is 314 g/mol. The maximum Gasteiger partial charge on any atom is 0.350 e. The topological polar surface area (TPSA) is 35.5 Å². The molecule has 0 aliphatic carbocycles. The highest BCUT2D eigenvalue weighted by atomic mass is 79.9. The van der Waals surface area contributed by atoms with Gasteiger partial charge in [-0.25, -0.2) is 4.79 Å². The van der Waals surface area contributed by atoms with Crippen molar-refractivity contribution in [3.63, 3.8) is 0 Å². The highest BCUT2D eigenvalue weighted by molar-refractivity contribution is 9.10. The molecule has 0 atom stereocenters. The Morgan fingerprint density at radius 2 is 1.78 bits per heavy atom. The van der Waals surface area contributed by atoms with Gasteiger partial charge in [-0.15, -0.1) is 0 Å². The van der Waals surface area contributed by atoms with E-state index in [1.54, 1.807) is 19.9 Å². The molecule has 0 saturated carbocycles. The van der Waals surface area contributed by atoms with Gasteiger partial charge in [0.2, 0.25) is 0 Å². The largest absolute Gasteiger partial charge is 0.476 e. The highest BCUT2D eigenvalue weighted by Crippen LogP contribution is 2.24. The molecule has 0 radical (unpaired) electrons. The Labute approximate surface area is 117 Å². The van der Waals surface area contributed by atoms with Crippen LogP contribution in [0.5, 0.6) is 5.75 Å². The molecule has 0 fully saturated rings. The molecule has 0 saturated heterocycles. The Bertz CT molecular complexity index is 433. The SMILES string of the molecule is CC(C)(C)OC(=O)C(C)(C)Oc1cccc(Br)c1. The number of esters is 1. The predicted molar refractivity (Wildman–Crippen MR) is 74.7 cm³/mol. The third kappa shape index (κ3) is 4.69. The maximum absolute atomic E-state index is 12.0. The van der Waals surface area contributed by atoms with Crippen LogP contribution in [0.25, 0.3) is 0 Å². The van der Waals surface area contributed by atoms with Gasteiger partial charge in [-0.3, -0.25) is 0 Å². The summed E-state index contributed by atoms with van der Waals surface area (Å²) in [4.78, 5) is 12.0. The van der Waals surface area contributed by atoms with E-state index in [0.717, 1.165) is 4.47 Å². The minimum atomic E-state index is -1.02. The first kappa shape index (κ1) is 15.0. The predicted octanol–water partition coefficient (Wildman–Crippen LogP) is 3.95. The fourth-order valence-electron chi connectivity index (χ4n) is 1.27. The Balaban J connectivity index is 2.78. The number of ether oxygens (including phenoxy) is 2. The molecule has 0 heterocycles. The van der Waals surface area contributed by atoms with Crippen LogP contribution in [0.3, 0.4) is 0 Å². The molecule has 1 aromatic rings. The van der Waals surface area contributed by atoms with Crippen LogP contribution in [0.4, 0.5) is 0 Å². The second kappa shape index (κ2) is 5.31. The first-order valence-corrected chi connectivity index (χ1v) is 6.57. The van der Waals surface area contributed by atoms with Gasteiger partial charge in [0.15, 0.2) is 5.60 Å². The Kier molecular flexibility index (Phi) is 4.43. The van der Waals surface area contributed by atoms with Gasteiger partial charge in [0, 0.05) is 4.47 Å². The van der Waals surface area contributed by atoms with E-state index in [0.29, 0.717) is 5.75 Å². The zero-order valence-corrected chi connectivity index (χ0v) is 13.0. The van der Waals surface area contributed by atoms with Gasteiger partial charge in [0.25, 0.3) is 0 Å². The third-order valence-electron chi connectivity index (χ3n) is 2.06. The van der Waals surface area contributed by atoms with Crippen molar-refractivity contribution in [1.29, 1.82) is 0 Å². The molecule has 0 spiro atoms. The summed E-state index contributed by atoms with van der Waals surface area (Å²) >= 11 is 3.36. The number of rotatable bonds is 3. The van der Waals surface area contributed by atoms with Crippen molar-refractivity contribution in [2.45, 2.75) is 45.8 Å². The van der Waals surface area contributed by atoms with Crippen molar-refractivity contribution >= 4 is 21.9 Å². The molecule has 0 aromatic heterocycles. The van der Waals surface area contributed by atoms with Crippen LogP contribution in [-0.2, 0) is 9.53 Å². The van der Waals surface area contributed by atoms with Gasteiger partial charge in [-0.1, -0.05) is 22.0 Å². The molecule has 100 valence electrons. The molecule has 0 unspecified atom stereocenters. The number of hydrogen-bond acceptors (Lipinski definition) is 3. The summed E-state index contributed by atoms with van der Waals surface area (Å²) in [7, 11) is 0. The summed E-state index contributed by atoms with van der Waals surface area (Å²) in [5.74, 6) is 0.246. The Morgan fingerprint density at radius 3 is 2.28 bits per heavy atom. The van der Waals surface area contributed by atoms with Crippen molar-refractivity contribution in [2.24, 2.45) is 0 Å². The first-order chi connectivity index (χ1) is 8.10. The molecule has 4 heteroatoms. The van der Waals surface area contributed by atoms with Crippen LogP contribution in [0.15, 0.2) is 28.7 Å².